The maximum atomic E-state index is 12.3. The summed E-state index contributed by atoms with van der Waals surface area (Å²) in [6.45, 7) is 4.75. The Labute approximate surface area is 217 Å². The number of nitrogens with zero attached hydrogens (tertiary/aromatic N) is 4. The molecule has 0 spiro atoms. The van der Waals surface area contributed by atoms with Crippen LogP contribution in [0.15, 0.2) is 61.4 Å². The number of phenols is 1. The van der Waals surface area contributed by atoms with Crippen molar-refractivity contribution < 1.29 is 14.6 Å². The lowest BCUT2D eigenvalue weighted by atomic mass is 9.94. The van der Waals surface area contributed by atoms with Crippen molar-refractivity contribution >= 4 is 40.4 Å². The minimum Gasteiger partial charge on any atom is -0.504 e. The Kier molecular flexibility index (Phi) is 6.47. The molecule has 2 aromatic heterocycles. The number of nitrogen functional groups attached to an aromatic ring is 1. The van der Waals surface area contributed by atoms with Crippen molar-refractivity contribution in [1.29, 1.82) is 0 Å². The van der Waals surface area contributed by atoms with Crippen molar-refractivity contribution in [1.82, 2.24) is 19.5 Å². The van der Waals surface area contributed by atoms with E-state index in [0.717, 1.165) is 18.5 Å². The van der Waals surface area contributed by atoms with E-state index in [-0.39, 0.29) is 29.1 Å². The molecule has 1 unspecified atom stereocenters. The lowest BCUT2D eigenvalue weighted by Crippen LogP contribution is -2.38. The number of hydrogen-bond acceptors (Lipinski definition) is 6. The molecular formula is C26H23Cl2N5O3. The van der Waals surface area contributed by atoms with Crippen LogP contribution in [-0.4, -0.2) is 43.6 Å². The van der Waals surface area contributed by atoms with Crippen LogP contribution in [0.5, 0.6) is 17.2 Å². The number of anilines is 1. The summed E-state index contributed by atoms with van der Waals surface area (Å²) in [5, 5.41) is 16.2. The van der Waals surface area contributed by atoms with Crippen LogP contribution in [-0.2, 0) is 4.79 Å². The summed E-state index contributed by atoms with van der Waals surface area (Å²) in [5.41, 5.74) is 8.78. The van der Waals surface area contributed by atoms with Gasteiger partial charge in [-0.25, -0.2) is 9.50 Å². The van der Waals surface area contributed by atoms with Gasteiger partial charge in [0.2, 0.25) is 5.91 Å². The van der Waals surface area contributed by atoms with Crippen molar-refractivity contribution in [2.24, 2.45) is 0 Å². The molecule has 184 valence electrons. The predicted octanol–water partition coefficient (Wildman–Crippen LogP) is 5.68. The van der Waals surface area contributed by atoms with E-state index in [1.54, 1.807) is 51.9 Å². The number of ether oxygens (including phenoxy) is 1. The van der Waals surface area contributed by atoms with Gasteiger partial charge in [0.1, 0.15) is 17.6 Å². The number of aromatic nitrogens is 3. The number of carbonyl (C=O) groups excluding carboxylic acids is 1. The molecule has 0 bridgehead atoms. The summed E-state index contributed by atoms with van der Waals surface area (Å²) in [4.78, 5) is 18.2. The maximum absolute atomic E-state index is 12.3. The smallest absolute Gasteiger partial charge is 0.245 e. The fraction of sp³-hybridized carbons (Fsp3) is 0.192. The molecule has 4 aromatic rings. The Hall–Kier alpha value is -3.75. The van der Waals surface area contributed by atoms with Gasteiger partial charge in [-0.15, -0.1) is 0 Å². The van der Waals surface area contributed by atoms with Crippen molar-refractivity contribution in [3.63, 3.8) is 0 Å². The number of likely N-dealkylation sites (tertiary alicyclic amines) is 1. The van der Waals surface area contributed by atoms with Crippen LogP contribution in [0.1, 0.15) is 24.5 Å². The van der Waals surface area contributed by atoms with Crippen LogP contribution in [0.25, 0.3) is 16.6 Å². The van der Waals surface area contributed by atoms with Crippen LogP contribution in [0, 0.1) is 0 Å². The van der Waals surface area contributed by atoms with Gasteiger partial charge in [0.25, 0.3) is 0 Å². The number of nitrogens with two attached hydrogens (primary N) is 1. The number of carbonyl (C=O) groups is 1. The minimum absolute atomic E-state index is 0.0651. The predicted molar refractivity (Wildman–Crippen MR) is 140 cm³/mol. The number of benzene rings is 2. The lowest BCUT2D eigenvalue weighted by molar-refractivity contribution is -0.127. The summed E-state index contributed by atoms with van der Waals surface area (Å²) in [5.74, 6) is 0.739. The van der Waals surface area contributed by atoms with Crippen molar-refractivity contribution in [3.05, 3.63) is 77.2 Å². The largest absolute Gasteiger partial charge is 0.504 e. The Morgan fingerprint density at radius 3 is 2.83 bits per heavy atom. The molecule has 36 heavy (non-hydrogen) atoms. The minimum atomic E-state index is -0.119. The molecule has 0 aliphatic carbocycles. The standard InChI is InChI=1S/C26H23Cl2N5O3/c1-2-21(35)32-10-4-5-16(13-32)24-23(28)22(25-26(29)30-14-31-33(24)25)15-8-9-20(19(34)11-15)36-18-7-3-6-17(27)12-18/h2-3,6-9,11-12,14,16,34H,1,4-5,10,13H2,(H2,29,30,31). The van der Waals surface area contributed by atoms with E-state index in [4.69, 9.17) is 33.7 Å². The normalized spacial score (nSPS) is 15.7. The van der Waals surface area contributed by atoms with Gasteiger partial charge in [0, 0.05) is 29.6 Å². The Bertz CT molecular complexity index is 1490. The Morgan fingerprint density at radius 2 is 2.08 bits per heavy atom. The molecule has 1 amide bonds. The van der Waals surface area contributed by atoms with Crippen LogP contribution in [0.3, 0.4) is 0 Å². The molecule has 1 saturated heterocycles. The van der Waals surface area contributed by atoms with Gasteiger partial charge in [-0.3, -0.25) is 4.79 Å². The highest BCUT2D eigenvalue weighted by Crippen LogP contribution is 2.45. The van der Waals surface area contributed by atoms with Crippen LogP contribution < -0.4 is 10.5 Å². The first-order valence-electron chi connectivity index (χ1n) is 11.4. The van der Waals surface area contributed by atoms with Gasteiger partial charge in [-0.1, -0.05) is 41.9 Å². The summed E-state index contributed by atoms with van der Waals surface area (Å²) < 4.78 is 7.49. The van der Waals surface area contributed by atoms with Crippen molar-refractivity contribution in [2.75, 3.05) is 18.8 Å². The molecule has 1 aliphatic rings. The molecule has 0 saturated carbocycles. The van der Waals surface area contributed by atoms with E-state index in [2.05, 4.69) is 16.7 Å². The molecule has 5 rings (SSSR count). The highest BCUT2D eigenvalue weighted by molar-refractivity contribution is 6.35. The number of halogens is 2. The SMILES string of the molecule is C=CC(=O)N1CCCC(c2c(Cl)c(-c3ccc(Oc4cccc(Cl)c4)c(O)c3)c3c(N)ncnn23)C1. The van der Waals surface area contributed by atoms with Gasteiger partial charge < -0.3 is 20.5 Å². The van der Waals surface area contributed by atoms with Crippen molar-refractivity contribution in [2.45, 2.75) is 18.8 Å². The first-order chi connectivity index (χ1) is 17.4. The number of rotatable bonds is 5. The number of fused-ring (bicyclic) bond motifs is 1. The average Bonchev–Trinajstić information content (AvgIpc) is 3.18. The first-order valence-corrected chi connectivity index (χ1v) is 12.1. The molecule has 8 nitrogen and oxygen atoms in total. The van der Waals surface area contributed by atoms with E-state index in [9.17, 15) is 9.90 Å². The number of aromatic hydroxyl groups is 1. The summed E-state index contributed by atoms with van der Waals surface area (Å²) in [6.07, 6.45) is 4.34. The van der Waals surface area contributed by atoms with Gasteiger partial charge in [-0.05, 0) is 54.8 Å². The van der Waals surface area contributed by atoms with E-state index in [1.807, 2.05) is 0 Å². The zero-order chi connectivity index (χ0) is 25.4. The average molecular weight is 524 g/mol. The highest BCUT2D eigenvalue weighted by Gasteiger charge is 2.31. The van der Waals surface area contributed by atoms with Gasteiger partial charge in [-0.2, -0.15) is 5.10 Å². The van der Waals surface area contributed by atoms with Gasteiger partial charge in [0.05, 0.1) is 10.7 Å². The molecule has 1 fully saturated rings. The van der Waals surface area contributed by atoms with Crippen LogP contribution in [0.4, 0.5) is 5.82 Å². The quantitative estimate of drug-likeness (QED) is 0.326. The zero-order valence-corrected chi connectivity index (χ0v) is 20.7. The lowest BCUT2D eigenvalue weighted by Gasteiger charge is -2.32. The Morgan fingerprint density at radius 1 is 1.25 bits per heavy atom. The second-order valence-electron chi connectivity index (χ2n) is 8.55. The molecule has 1 atom stereocenters. The number of phenolic OH excluding ortho intramolecular Hbond substituents is 1. The molecule has 1 aliphatic heterocycles. The third-order valence-electron chi connectivity index (χ3n) is 6.29. The van der Waals surface area contributed by atoms with Gasteiger partial charge >= 0.3 is 0 Å². The highest BCUT2D eigenvalue weighted by atomic mass is 35.5. The molecule has 10 heteroatoms. The molecule has 2 aromatic carbocycles. The number of piperidine rings is 1. The number of amides is 1. The van der Waals surface area contributed by atoms with E-state index in [0.29, 0.717) is 45.5 Å². The fourth-order valence-electron chi connectivity index (χ4n) is 4.67. The van der Waals surface area contributed by atoms with Crippen LogP contribution >= 0.6 is 23.2 Å². The molecule has 0 radical (unpaired) electrons. The second-order valence-corrected chi connectivity index (χ2v) is 9.36. The third kappa shape index (κ3) is 4.34. The zero-order valence-electron chi connectivity index (χ0n) is 19.2. The van der Waals surface area contributed by atoms with Gasteiger partial charge in [0.15, 0.2) is 17.3 Å². The maximum Gasteiger partial charge on any atom is 0.245 e. The van der Waals surface area contributed by atoms with E-state index >= 15 is 0 Å². The molecule has 3 N–H and O–H groups in total. The monoisotopic (exact) mass is 523 g/mol. The first kappa shape index (κ1) is 24.0. The summed E-state index contributed by atoms with van der Waals surface area (Å²) in [7, 11) is 0. The Balaban J connectivity index is 1.58. The van der Waals surface area contributed by atoms with E-state index in [1.165, 1.54) is 12.4 Å². The third-order valence-corrected chi connectivity index (χ3v) is 6.91. The molecular weight excluding hydrogens is 501 g/mol. The van der Waals surface area contributed by atoms with E-state index < -0.39 is 0 Å². The fourth-order valence-corrected chi connectivity index (χ4v) is 5.28. The van der Waals surface area contributed by atoms with Crippen LogP contribution in [0.2, 0.25) is 10.0 Å². The topological polar surface area (TPSA) is 106 Å². The molecule has 3 heterocycles. The van der Waals surface area contributed by atoms with Crippen molar-refractivity contribution in [3.8, 4) is 28.4 Å². The summed E-state index contributed by atoms with van der Waals surface area (Å²) >= 11 is 13.0. The summed E-state index contributed by atoms with van der Waals surface area (Å²) in [6, 6.07) is 11.9. The number of hydrogen-bond donors (Lipinski definition) is 2. The second kappa shape index (κ2) is 9.72.